The van der Waals surface area contributed by atoms with Crippen molar-refractivity contribution < 1.29 is 4.79 Å². The van der Waals surface area contributed by atoms with Crippen molar-refractivity contribution in [2.75, 3.05) is 19.6 Å². The normalized spacial score (nSPS) is 26.1. The smallest absolute Gasteiger partial charge is 0.186 e. The van der Waals surface area contributed by atoms with Gasteiger partial charge in [-0.2, -0.15) is 0 Å². The zero-order valence-electron chi connectivity index (χ0n) is 10.3. The van der Waals surface area contributed by atoms with Crippen molar-refractivity contribution in [1.82, 2.24) is 4.90 Å². The largest absolute Gasteiger partial charge is 0.295 e. The summed E-state index contributed by atoms with van der Waals surface area (Å²) in [4.78, 5) is 15.3. The molecule has 0 bridgehead atoms. The maximum Gasteiger partial charge on any atom is 0.186 e. The van der Waals surface area contributed by atoms with Gasteiger partial charge in [0.05, 0.1) is 15.2 Å². The predicted molar refractivity (Wildman–Crippen MR) is 75.7 cm³/mol. The highest BCUT2D eigenvalue weighted by Crippen LogP contribution is 2.24. The minimum Gasteiger partial charge on any atom is -0.295 e. The lowest BCUT2D eigenvalue weighted by Gasteiger charge is -2.34. The number of hydrogen-bond acceptors (Lipinski definition) is 3. The first-order valence-electron chi connectivity index (χ1n) is 6.05. The number of rotatable bonds is 3. The Balaban J connectivity index is 1.94. The SMILES string of the molecule is CC1CC(C)CN(CC(=O)c2ccc(Br)s2)C1. The second-order valence-corrected chi connectivity index (χ2v) is 7.63. The van der Waals surface area contributed by atoms with Gasteiger partial charge in [0, 0.05) is 13.1 Å². The first-order chi connectivity index (χ1) is 8.04. The maximum absolute atomic E-state index is 12.1. The summed E-state index contributed by atoms with van der Waals surface area (Å²) in [6.07, 6.45) is 1.29. The molecule has 94 valence electrons. The van der Waals surface area contributed by atoms with Crippen LogP contribution in [0.2, 0.25) is 0 Å². The average Bonchev–Trinajstić information content (AvgIpc) is 2.63. The van der Waals surface area contributed by atoms with Gasteiger partial charge in [-0.05, 0) is 46.3 Å². The van der Waals surface area contributed by atoms with Gasteiger partial charge in [-0.15, -0.1) is 11.3 Å². The molecule has 1 aliphatic rings. The van der Waals surface area contributed by atoms with E-state index >= 15 is 0 Å². The lowest BCUT2D eigenvalue weighted by atomic mass is 9.92. The summed E-state index contributed by atoms with van der Waals surface area (Å²) < 4.78 is 1.03. The third-order valence-corrected chi connectivity index (χ3v) is 4.82. The summed E-state index contributed by atoms with van der Waals surface area (Å²) in [5.74, 6) is 1.67. The molecular formula is C13H18BrNOS. The Morgan fingerprint density at radius 1 is 1.41 bits per heavy atom. The molecule has 1 aromatic heterocycles. The van der Waals surface area contributed by atoms with Crippen LogP contribution >= 0.6 is 27.3 Å². The minimum atomic E-state index is 0.252. The number of piperidine rings is 1. The van der Waals surface area contributed by atoms with E-state index in [-0.39, 0.29) is 5.78 Å². The second kappa shape index (κ2) is 5.63. The van der Waals surface area contributed by atoms with Gasteiger partial charge in [-0.3, -0.25) is 9.69 Å². The number of carbonyl (C=O) groups is 1. The van der Waals surface area contributed by atoms with Gasteiger partial charge >= 0.3 is 0 Å². The van der Waals surface area contributed by atoms with Gasteiger partial charge in [0.25, 0.3) is 0 Å². The Morgan fingerprint density at radius 3 is 2.59 bits per heavy atom. The fourth-order valence-electron chi connectivity index (χ4n) is 2.67. The zero-order chi connectivity index (χ0) is 12.4. The molecule has 1 aromatic rings. The van der Waals surface area contributed by atoms with Crippen LogP contribution in [0.4, 0.5) is 0 Å². The van der Waals surface area contributed by atoms with E-state index < -0.39 is 0 Å². The van der Waals surface area contributed by atoms with Crippen molar-refractivity contribution in [1.29, 1.82) is 0 Å². The first kappa shape index (κ1) is 13.2. The molecule has 2 atom stereocenters. The van der Waals surface area contributed by atoms with E-state index in [0.29, 0.717) is 18.4 Å². The quantitative estimate of drug-likeness (QED) is 0.793. The number of ketones is 1. The molecule has 2 rings (SSSR count). The van der Waals surface area contributed by atoms with Crippen LogP contribution in [0.15, 0.2) is 15.9 Å². The van der Waals surface area contributed by atoms with Gasteiger partial charge in [0.2, 0.25) is 0 Å². The van der Waals surface area contributed by atoms with Crippen LogP contribution in [0.25, 0.3) is 0 Å². The Morgan fingerprint density at radius 2 is 2.06 bits per heavy atom. The Hall–Kier alpha value is -0.190. The molecule has 1 aliphatic heterocycles. The molecule has 0 spiro atoms. The molecule has 0 aromatic carbocycles. The molecule has 0 N–H and O–H groups in total. The fraction of sp³-hybridized carbons (Fsp3) is 0.615. The molecule has 1 saturated heterocycles. The van der Waals surface area contributed by atoms with Crippen molar-refractivity contribution in [2.24, 2.45) is 11.8 Å². The summed E-state index contributed by atoms with van der Waals surface area (Å²) >= 11 is 4.92. The van der Waals surface area contributed by atoms with Gasteiger partial charge in [-0.25, -0.2) is 0 Å². The third-order valence-electron chi connectivity index (χ3n) is 3.16. The molecule has 1 fully saturated rings. The van der Waals surface area contributed by atoms with Gasteiger partial charge < -0.3 is 0 Å². The van der Waals surface area contributed by atoms with Crippen molar-refractivity contribution >= 4 is 33.0 Å². The summed E-state index contributed by atoms with van der Waals surface area (Å²) in [6.45, 7) is 7.23. The molecule has 2 nitrogen and oxygen atoms in total. The molecule has 2 heterocycles. The van der Waals surface area contributed by atoms with E-state index in [0.717, 1.165) is 21.8 Å². The molecule has 0 radical (unpaired) electrons. The first-order valence-corrected chi connectivity index (χ1v) is 7.66. The number of thiophene rings is 1. The number of nitrogens with zero attached hydrogens (tertiary/aromatic N) is 1. The van der Waals surface area contributed by atoms with Crippen LogP contribution in [-0.4, -0.2) is 30.3 Å². The Kier molecular flexibility index (Phi) is 4.39. The highest BCUT2D eigenvalue weighted by Gasteiger charge is 2.23. The van der Waals surface area contributed by atoms with E-state index in [2.05, 4.69) is 34.7 Å². The standard InChI is InChI=1S/C13H18BrNOS/c1-9-5-10(2)7-15(6-9)8-11(16)12-3-4-13(14)17-12/h3-4,9-10H,5-8H2,1-2H3. The lowest BCUT2D eigenvalue weighted by Crippen LogP contribution is -2.41. The number of likely N-dealkylation sites (tertiary alicyclic amines) is 1. The van der Waals surface area contributed by atoms with Crippen LogP contribution in [0.5, 0.6) is 0 Å². The van der Waals surface area contributed by atoms with E-state index in [1.807, 2.05) is 12.1 Å². The highest BCUT2D eigenvalue weighted by molar-refractivity contribution is 9.11. The number of Topliss-reactive ketones (excluding diaryl/α,β-unsaturated/α-hetero) is 1. The van der Waals surface area contributed by atoms with Gasteiger partial charge in [0.1, 0.15) is 0 Å². The molecule has 0 aliphatic carbocycles. The summed E-state index contributed by atoms with van der Waals surface area (Å²) in [5.41, 5.74) is 0. The van der Waals surface area contributed by atoms with Crippen LogP contribution in [0.3, 0.4) is 0 Å². The van der Waals surface area contributed by atoms with Gasteiger partial charge in [-0.1, -0.05) is 13.8 Å². The summed E-state index contributed by atoms with van der Waals surface area (Å²) in [7, 11) is 0. The summed E-state index contributed by atoms with van der Waals surface area (Å²) in [5, 5.41) is 0. The summed E-state index contributed by atoms with van der Waals surface area (Å²) in [6, 6.07) is 3.85. The molecule has 2 unspecified atom stereocenters. The van der Waals surface area contributed by atoms with Crippen LogP contribution in [-0.2, 0) is 0 Å². The predicted octanol–water partition coefficient (Wildman–Crippen LogP) is 3.67. The van der Waals surface area contributed by atoms with Crippen molar-refractivity contribution in [3.63, 3.8) is 0 Å². The van der Waals surface area contributed by atoms with E-state index in [9.17, 15) is 4.79 Å². The third kappa shape index (κ3) is 3.63. The second-order valence-electron chi connectivity index (χ2n) is 5.17. The molecule has 17 heavy (non-hydrogen) atoms. The van der Waals surface area contributed by atoms with E-state index in [1.165, 1.54) is 17.8 Å². The fourth-order valence-corrected chi connectivity index (χ4v) is 3.98. The topological polar surface area (TPSA) is 20.3 Å². The van der Waals surface area contributed by atoms with E-state index in [1.54, 1.807) is 0 Å². The Labute approximate surface area is 115 Å². The van der Waals surface area contributed by atoms with Crippen molar-refractivity contribution in [3.8, 4) is 0 Å². The van der Waals surface area contributed by atoms with Crippen LogP contribution in [0, 0.1) is 11.8 Å². The molecular weight excluding hydrogens is 298 g/mol. The Bertz CT molecular complexity index is 394. The highest BCUT2D eigenvalue weighted by atomic mass is 79.9. The lowest BCUT2D eigenvalue weighted by molar-refractivity contribution is 0.0853. The molecule has 4 heteroatoms. The van der Waals surface area contributed by atoms with Crippen molar-refractivity contribution in [3.05, 3.63) is 20.8 Å². The molecule has 0 amide bonds. The van der Waals surface area contributed by atoms with E-state index in [4.69, 9.17) is 0 Å². The van der Waals surface area contributed by atoms with Crippen LogP contribution < -0.4 is 0 Å². The number of carbonyl (C=O) groups excluding carboxylic acids is 1. The number of hydrogen-bond donors (Lipinski definition) is 0. The molecule has 0 saturated carbocycles. The minimum absolute atomic E-state index is 0.252. The van der Waals surface area contributed by atoms with Gasteiger partial charge in [0.15, 0.2) is 5.78 Å². The maximum atomic E-state index is 12.1. The van der Waals surface area contributed by atoms with Crippen LogP contribution in [0.1, 0.15) is 29.9 Å². The number of halogens is 1. The monoisotopic (exact) mass is 315 g/mol. The average molecular weight is 316 g/mol. The van der Waals surface area contributed by atoms with Crippen molar-refractivity contribution in [2.45, 2.75) is 20.3 Å². The zero-order valence-corrected chi connectivity index (χ0v) is 12.7.